The summed E-state index contributed by atoms with van der Waals surface area (Å²) >= 11 is 0. The van der Waals surface area contributed by atoms with Crippen LogP contribution in [0.5, 0.6) is 0 Å². The van der Waals surface area contributed by atoms with Crippen LogP contribution in [-0.2, 0) is 0 Å². The van der Waals surface area contributed by atoms with Crippen molar-refractivity contribution in [2.45, 2.75) is 40.2 Å². The first-order valence-electron chi connectivity index (χ1n) is 7.65. The Hall–Kier alpha value is -0.860. The summed E-state index contributed by atoms with van der Waals surface area (Å²) in [7, 11) is 0. The third kappa shape index (κ3) is 3.37. The zero-order valence-electron chi connectivity index (χ0n) is 12.9. The van der Waals surface area contributed by atoms with Crippen molar-refractivity contribution in [1.82, 2.24) is 10.2 Å². The lowest BCUT2D eigenvalue weighted by molar-refractivity contribution is 0.128. The Labute approximate surface area is 118 Å². The molecule has 1 aliphatic rings. The third-order valence-electron chi connectivity index (χ3n) is 4.60. The van der Waals surface area contributed by atoms with Crippen LogP contribution in [0.2, 0.25) is 0 Å². The Kier molecular flexibility index (Phi) is 5.00. The molecule has 1 heterocycles. The largest absolute Gasteiger partial charge is 0.314 e. The van der Waals surface area contributed by atoms with E-state index in [1.54, 1.807) is 0 Å². The van der Waals surface area contributed by atoms with E-state index >= 15 is 0 Å². The molecule has 106 valence electrons. The van der Waals surface area contributed by atoms with Gasteiger partial charge in [0.05, 0.1) is 0 Å². The van der Waals surface area contributed by atoms with Gasteiger partial charge in [-0.15, -0.1) is 0 Å². The van der Waals surface area contributed by atoms with E-state index in [2.05, 4.69) is 56.1 Å². The van der Waals surface area contributed by atoms with E-state index in [0.29, 0.717) is 12.0 Å². The quantitative estimate of drug-likeness (QED) is 0.893. The first-order valence-corrected chi connectivity index (χ1v) is 7.65. The molecular formula is C17H28N2. The summed E-state index contributed by atoms with van der Waals surface area (Å²) in [6, 6.07) is 7.59. The molecule has 1 aliphatic heterocycles. The fourth-order valence-electron chi connectivity index (χ4n) is 3.03. The topological polar surface area (TPSA) is 15.3 Å². The predicted molar refractivity (Wildman–Crippen MR) is 82.6 cm³/mol. The van der Waals surface area contributed by atoms with Crippen molar-refractivity contribution in [3.63, 3.8) is 0 Å². The molecule has 0 radical (unpaired) electrons. The Morgan fingerprint density at radius 2 is 1.84 bits per heavy atom. The average molecular weight is 260 g/mol. The summed E-state index contributed by atoms with van der Waals surface area (Å²) in [5, 5.41) is 3.46. The minimum absolute atomic E-state index is 0.575. The zero-order chi connectivity index (χ0) is 13.8. The molecule has 19 heavy (non-hydrogen) atoms. The molecule has 1 aromatic carbocycles. The summed E-state index contributed by atoms with van der Waals surface area (Å²) in [4.78, 5) is 2.66. The number of hydrogen-bond acceptors (Lipinski definition) is 2. The number of piperazine rings is 1. The molecular weight excluding hydrogens is 232 g/mol. The molecule has 0 saturated carbocycles. The van der Waals surface area contributed by atoms with Gasteiger partial charge >= 0.3 is 0 Å². The standard InChI is InChI=1S/C17H28N2/c1-5-13(2)17(19-10-8-18-9-11-19)16-7-6-14(3)15(4)12-16/h6-7,12-13,17-18H,5,8-11H2,1-4H3/t13?,17-/m0/s1. The van der Waals surface area contributed by atoms with Crippen LogP contribution in [0.4, 0.5) is 0 Å². The van der Waals surface area contributed by atoms with Gasteiger partial charge < -0.3 is 5.32 Å². The van der Waals surface area contributed by atoms with Crippen LogP contribution >= 0.6 is 0 Å². The number of nitrogens with zero attached hydrogens (tertiary/aromatic N) is 1. The molecule has 0 bridgehead atoms. The number of hydrogen-bond donors (Lipinski definition) is 1. The van der Waals surface area contributed by atoms with Gasteiger partial charge in [0.25, 0.3) is 0 Å². The van der Waals surface area contributed by atoms with Crippen LogP contribution in [0.25, 0.3) is 0 Å². The molecule has 1 aromatic rings. The van der Waals surface area contributed by atoms with Gasteiger partial charge in [-0.3, -0.25) is 4.90 Å². The van der Waals surface area contributed by atoms with Crippen LogP contribution in [0, 0.1) is 19.8 Å². The monoisotopic (exact) mass is 260 g/mol. The highest BCUT2D eigenvalue weighted by Gasteiger charge is 2.26. The fourth-order valence-corrected chi connectivity index (χ4v) is 3.03. The smallest absolute Gasteiger partial charge is 0.0374 e. The molecule has 2 heteroatoms. The van der Waals surface area contributed by atoms with Gasteiger partial charge in [0, 0.05) is 32.2 Å². The molecule has 1 unspecified atom stereocenters. The molecule has 2 nitrogen and oxygen atoms in total. The Morgan fingerprint density at radius 1 is 1.16 bits per heavy atom. The van der Waals surface area contributed by atoms with E-state index in [4.69, 9.17) is 0 Å². The maximum absolute atomic E-state index is 3.46. The summed E-state index contributed by atoms with van der Waals surface area (Å²) < 4.78 is 0. The Balaban J connectivity index is 2.27. The summed E-state index contributed by atoms with van der Waals surface area (Å²) in [5.74, 6) is 0.709. The molecule has 1 saturated heterocycles. The maximum Gasteiger partial charge on any atom is 0.0374 e. The molecule has 0 aromatic heterocycles. The molecule has 1 fully saturated rings. The van der Waals surface area contributed by atoms with E-state index in [-0.39, 0.29) is 0 Å². The van der Waals surface area contributed by atoms with Crippen LogP contribution < -0.4 is 5.32 Å². The van der Waals surface area contributed by atoms with E-state index < -0.39 is 0 Å². The SMILES string of the molecule is CCC(C)[C@@H](c1ccc(C)c(C)c1)N1CCNCC1. The zero-order valence-corrected chi connectivity index (χ0v) is 12.9. The van der Waals surface area contributed by atoms with Crippen molar-refractivity contribution in [2.75, 3.05) is 26.2 Å². The predicted octanol–water partition coefficient (Wildman–Crippen LogP) is 3.30. The van der Waals surface area contributed by atoms with Crippen molar-refractivity contribution in [3.8, 4) is 0 Å². The third-order valence-corrected chi connectivity index (χ3v) is 4.60. The summed E-state index contributed by atoms with van der Waals surface area (Å²) in [5.41, 5.74) is 4.31. The minimum Gasteiger partial charge on any atom is -0.314 e. The summed E-state index contributed by atoms with van der Waals surface area (Å²) in [6.07, 6.45) is 1.24. The van der Waals surface area contributed by atoms with Crippen LogP contribution in [0.15, 0.2) is 18.2 Å². The minimum atomic E-state index is 0.575. The van der Waals surface area contributed by atoms with Gasteiger partial charge in [0.15, 0.2) is 0 Å². The molecule has 2 rings (SSSR count). The van der Waals surface area contributed by atoms with E-state index in [9.17, 15) is 0 Å². The molecule has 2 atom stereocenters. The van der Waals surface area contributed by atoms with E-state index in [1.807, 2.05) is 0 Å². The molecule has 0 aliphatic carbocycles. The van der Waals surface area contributed by atoms with Crippen molar-refractivity contribution in [1.29, 1.82) is 0 Å². The normalized spacial score (nSPS) is 20.2. The van der Waals surface area contributed by atoms with Gasteiger partial charge in [-0.1, -0.05) is 38.5 Å². The van der Waals surface area contributed by atoms with Crippen molar-refractivity contribution in [3.05, 3.63) is 34.9 Å². The van der Waals surface area contributed by atoms with E-state index in [1.165, 1.54) is 36.2 Å². The molecule has 0 spiro atoms. The lowest BCUT2D eigenvalue weighted by atomic mass is 9.89. The van der Waals surface area contributed by atoms with Gasteiger partial charge in [-0.05, 0) is 36.5 Å². The van der Waals surface area contributed by atoms with Gasteiger partial charge in [0.1, 0.15) is 0 Å². The van der Waals surface area contributed by atoms with Crippen molar-refractivity contribution < 1.29 is 0 Å². The summed E-state index contributed by atoms with van der Waals surface area (Å²) in [6.45, 7) is 13.7. The van der Waals surface area contributed by atoms with Gasteiger partial charge in [0.2, 0.25) is 0 Å². The van der Waals surface area contributed by atoms with E-state index in [0.717, 1.165) is 13.1 Å². The molecule has 1 N–H and O–H groups in total. The molecule has 0 amide bonds. The Bertz CT molecular complexity index is 408. The van der Waals surface area contributed by atoms with Crippen molar-refractivity contribution in [2.24, 2.45) is 5.92 Å². The second-order valence-corrected chi connectivity index (χ2v) is 5.96. The lowest BCUT2D eigenvalue weighted by Gasteiger charge is -2.38. The van der Waals surface area contributed by atoms with Crippen LogP contribution in [0.1, 0.15) is 43.0 Å². The number of rotatable bonds is 4. The van der Waals surface area contributed by atoms with Gasteiger partial charge in [-0.2, -0.15) is 0 Å². The number of aryl methyl sites for hydroxylation is 2. The number of benzene rings is 1. The maximum atomic E-state index is 3.46. The second kappa shape index (κ2) is 6.53. The highest BCUT2D eigenvalue weighted by Crippen LogP contribution is 2.31. The van der Waals surface area contributed by atoms with Crippen molar-refractivity contribution >= 4 is 0 Å². The first-order chi connectivity index (χ1) is 9.13. The average Bonchev–Trinajstić information content (AvgIpc) is 2.44. The Morgan fingerprint density at radius 3 is 2.42 bits per heavy atom. The van der Waals surface area contributed by atoms with Gasteiger partial charge in [-0.25, -0.2) is 0 Å². The van der Waals surface area contributed by atoms with Crippen LogP contribution in [-0.4, -0.2) is 31.1 Å². The highest BCUT2D eigenvalue weighted by molar-refractivity contribution is 5.32. The highest BCUT2D eigenvalue weighted by atomic mass is 15.2. The van der Waals surface area contributed by atoms with Crippen LogP contribution in [0.3, 0.4) is 0 Å². The lowest BCUT2D eigenvalue weighted by Crippen LogP contribution is -2.46. The fraction of sp³-hybridized carbons (Fsp3) is 0.647. The number of nitrogens with one attached hydrogen (secondary N) is 1. The first kappa shape index (κ1) is 14.5. The second-order valence-electron chi connectivity index (χ2n) is 5.96.